The zero-order valence-electron chi connectivity index (χ0n) is 12.5. The first-order valence-electron chi connectivity index (χ1n) is 6.87. The largest absolute Gasteiger partial charge is 0.363 e. The molecule has 1 aromatic carbocycles. The number of nitrogens with one attached hydrogen (secondary N) is 2. The van der Waals surface area contributed by atoms with Crippen LogP contribution in [0.3, 0.4) is 0 Å². The molecule has 2 aromatic rings. The van der Waals surface area contributed by atoms with Crippen LogP contribution >= 0.6 is 0 Å². The number of nitrogens with zero attached hydrogens (tertiary/aromatic N) is 2. The van der Waals surface area contributed by atoms with Crippen LogP contribution in [0.2, 0.25) is 0 Å². The van der Waals surface area contributed by atoms with Crippen LogP contribution < -0.4 is 10.6 Å². The highest BCUT2D eigenvalue weighted by molar-refractivity contribution is 5.42. The van der Waals surface area contributed by atoms with E-state index in [1.807, 2.05) is 24.3 Å². The fourth-order valence-corrected chi connectivity index (χ4v) is 1.88. The van der Waals surface area contributed by atoms with E-state index in [2.05, 4.69) is 60.4 Å². The van der Waals surface area contributed by atoms with E-state index in [-0.39, 0.29) is 11.6 Å². The minimum absolute atomic E-state index is 0.0519. The van der Waals surface area contributed by atoms with E-state index in [1.54, 1.807) is 6.20 Å². The minimum atomic E-state index is -0.0519. The summed E-state index contributed by atoms with van der Waals surface area (Å²) < 4.78 is 0. The Morgan fingerprint density at radius 2 is 1.75 bits per heavy atom. The van der Waals surface area contributed by atoms with Crippen molar-refractivity contribution in [1.29, 1.82) is 0 Å². The molecule has 0 bridgehead atoms. The number of hydrogen-bond donors (Lipinski definition) is 2. The Balaban J connectivity index is 2.08. The summed E-state index contributed by atoms with van der Waals surface area (Å²) in [7, 11) is 0. The van der Waals surface area contributed by atoms with E-state index >= 15 is 0 Å². The summed E-state index contributed by atoms with van der Waals surface area (Å²) in [5, 5.41) is 6.67. The third-order valence-electron chi connectivity index (χ3n) is 2.81. The molecule has 0 radical (unpaired) electrons. The molecule has 0 fully saturated rings. The molecular formula is C16H22N4. The lowest BCUT2D eigenvalue weighted by Gasteiger charge is -2.21. The summed E-state index contributed by atoms with van der Waals surface area (Å²) in [6.07, 6.45) is 1.76. The zero-order chi connectivity index (χ0) is 14.6. The normalized spacial score (nSPS) is 12.8. The average Bonchev–Trinajstić information content (AvgIpc) is 2.38. The van der Waals surface area contributed by atoms with Gasteiger partial charge in [0.25, 0.3) is 0 Å². The second-order valence-electron chi connectivity index (χ2n) is 5.92. The Labute approximate surface area is 120 Å². The molecule has 0 amide bonds. The van der Waals surface area contributed by atoms with Crippen molar-refractivity contribution in [3.8, 4) is 0 Å². The van der Waals surface area contributed by atoms with Gasteiger partial charge in [-0.2, -0.15) is 4.98 Å². The molecule has 1 aromatic heterocycles. The summed E-state index contributed by atoms with van der Waals surface area (Å²) in [4.78, 5) is 8.73. The molecule has 0 saturated heterocycles. The molecule has 0 saturated carbocycles. The van der Waals surface area contributed by atoms with Gasteiger partial charge in [0.05, 0.1) is 0 Å². The topological polar surface area (TPSA) is 49.8 Å². The predicted molar refractivity (Wildman–Crippen MR) is 83.9 cm³/mol. The quantitative estimate of drug-likeness (QED) is 0.885. The van der Waals surface area contributed by atoms with Gasteiger partial charge in [0.2, 0.25) is 5.95 Å². The van der Waals surface area contributed by atoms with Crippen LogP contribution in [0, 0.1) is 0 Å². The van der Waals surface area contributed by atoms with Crippen LogP contribution in [-0.2, 0) is 0 Å². The molecule has 0 aliphatic heterocycles. The highest BCUT2D eigenvalue weighted by Crippen LogP contribution is 2.18. The molecule has 106 valence electrons. The number of hydrogen-bond acceptors (Lipinski definition) is 4. The molecule has 1 unspecified atom stereocenters. The maximum absolute atomic E-state index is 4.49. The van der Waals surface area contributed by atoms with E-state index in [9.17, 15) is 0 Å². The fourth-order valence-electron chi connectivity index (χ4n) is 1.88. The van der Waals surface area contributed by atoms with Crippen molar-refractivity contribution < 1.29 is 0 Å². The van der Waals surface area contributed by atoms with Gasteiger partial charge in [0, 0.05) is 17.8 Å². The van der Waals surface area contributed by atoms with Gasteiger partial charge in [-0.05, 0) is 39.3 Å². The second kappa shape index (κ2) is 5.90. The number of benzene rings is 1. The summed E-state index contributed by atoms with van der Waals surface area (Å²) in [5.41, 5.74) is 1.18. The van der Waals surface area contributed by atoms with E-state index < -0.39 is 0 Å². The van der Waals surface area contributed by atoms with Crippen molar-refractivity contribution >= 4 is 11.8 Å². The summed E-state index contributed by atoms with van der Waals surface area (Å²) in [5.74, 6) is 1.46. The summed E-state index contributed by atoms with van der Waals surface area (Å²) in [6, 6.07) is 12.4. The van der Waals surface area contributed by atoms with Gasteiger partial charge in [-0.15, -0.1) is 0 Å². The van der Waals surface area contributed by atoms with Gasteiger partial charge >= 0.3 is 0 Å². The zero-order valence-corrected chi connectivity index (χ0v) is 12.5. The number of aromatic nitrogens is 2. The third-order valence-corrected chi connectivity index (χ3v) is 2.81. The van der Waals surface area contributed by atoms with Crippen LogP contribution in [0.4, 0.5) is 11.8 Å². The molecule has 1 atom stereocenters. The van der Waals surface area contributed by atoms with E-state index in [1.165, 1.54) is 5.56 Å². The van der Waals surface area contributed by atoms with Crippen molar-refractivity contribution in [2.75, 3.05) is 10.6 Å². The fraction of sp³-hybridized carbons (Fsp3) is 0.375. The molecule has 0 spiro atoms. The van der Waals surface area contributed by atoms with Gasteiger partial charge in [0.15, 0.2) is 0 Å². The molecule has 2 rings (SSSR count). The van der Waals surface area contributed by atoms with E-state index in [0.717, 1.165) is 5.82 Å². The molecule has 0 aliphatic carbocycles. The Morgan fingerprint density at radius 1 is 1.05 bits per heavy atom. The highest BCUT2D eigenvalue weighted by Gasteiger charge is 2.12. The van der Waals surface area contributed by atoms with Gasteiger partial charge in [-0.3, -0.25) is 0 Å². The average molecular weight is 270 g/mol. The molecule has 2 N–H and O–H groups in total. The van der Waals surface area contributed by atoms with Gasteiger partial charge in [-0.1, -0.05) is 30.3 Å². The first-order valence-corrected chi connectivity index (χ1v) is 6.87. The van der Waals surface area contributed by atoms with Crippen LogP contribution in [0.25, 0.3) is 0 Å². The third kappa shape index (κ3) is 4.23. The monoisotopic (exact) mass is 270 g/mol. The first-order chi connectivity index (χ1) is 9.44. The van der Waals surface area contributed by atoms with Crippen molar-refractivity contribution in [2.45, 2.75) is 39.3 Å². The van der Waals surface area contributed by atoms with E-state index in [4.69, 9.17) is 0 Å². The maximum atomic E-state index is 4.49. The Bertz CT molecular complexity index is 546. The van der Waals surface area contributed by atoms with Crippen LogP contribution in [0.5, 0.6) is 0 Å². The van der Waals surface area contributed by atoms with Crippen molar-refractivity contribution in [2.24, 2.45) is 0 Å². The van der Waals surface area contributed by atoms with Crippen LogP contribution in [0.1, 0.15) is 39.3 Å². The second-order valence-corrected chi connectivity index (χ2v) is 5.92. The lowest BCUT2D eigenvalue weighted by atomic mass is 10.1. The molecule has 0 aliphatic rings. The van der Waals surface area contributed by atoms with E-state index in [0.29, 0.717) is 5.95 Å². The highest BCUT2D eigenvalue weighted by atomic mass is 15.2. The van der Waals surface area contributed by atoms with Gasteiger partial charge in [0.1, 0.15) is 5.82 Å². The number of anilines is 2. The first kappa shape index (κ1) is 14.3. The van der Waals surface area contributed by atoms with Crippen LogP contribution in [-0.4, -0.2) is 15.5 Å². The predicted octanol–water partition coefficient (Wildman–Crippen LogP) is 3.86. The maximum Gasteiger partial charge on any atom is 0.224 e. The number of rotatable bonds is 4. The Morgan fingerprint density at radius 3 is 2.40 bits per heavy atom. The summed E-state index contributed by atoms with van der Waals surface area (Å²) in [6.45, 7) is 8.38. The smallest absolute Gasteiger partial charge is 0.224 e. The van der Waals surface area contributed by atoms with Crippen molar-refractivity contribution in [3.05, 3.63) is 48.2 Å². The van der Waals surface area contributed by atoms with Crippen LogP contribution in [0.15, 0.2) is 42.6 Å². The van der Waals surface area contributed by atoms with Gasteiger partial charge < -0.3 is 10.6 Å². The standard InChI is InChI=1S/C16H22N4/c1-12(13-8-6-5-7-9-13)18-14-10-11-17-15(19-14)20-16(2,3)4/h5-12H,1-4H3,(H2,17,18,19,20). The minimum Gasteiger partial charge on any atom is -0.363 e. The SMILES string of the molecule is CC(Nc1ccnc(NC(C)(C)C)n1)c1ccccc1. The molecule has 4 nitrogen and oxygen atoms in total. The Kier molecular flexibility index (Phi) is 4.23. The molecular weight excluding hydrogens is 248 g/mol. The molecule has 20 heavy (non-hydrogen) atoms. The van der Waals surface area contributed by atoms with Gasteiger partial charge in [-0.25, -0.2) is 4.98 Å². The molecule has 1 heterocycles. The van der Waals surface area contributed by atoms with Crippen molar-refractivity contribution in [1.82, 2.24) is 9.97 Å². The molecule has 4 heteroatoms. The summed E-state index contributed by atoms with van der Waals surface area (Å²) >= 11 is 0. The van der Waals surface area contributed by atoms with Crippen molar-refractivity contribution in [3.63, 3.8) is 0 Å². The lowest BCUT2D eigenvalue weighted by Crippen LogP contribution is -2.27. The Hall–Kier alpha value is -2.10. The lowest BCUT2D eigenvalue weighted by molar-refractivity contribution is 0.626.